The number of nitrogens with one attached hydrogen (secondary N) is 1. The average Bonchev–Trinajstić information content (AvgIpc) is 2.58. The molecule has 0 aliphatic heterocycles. The molecule has 2 rings (SSSR count). The predicted octanol–water partition coefficient (Wildman–Crippen LogP) is 3.78. The summed E-state index contributed by atoms with van der Waals surface area (Å²) in [6.07, 6.45) is 2.99. The fraction of sp³-hybridized carbons (Fsp3) is 0.476. The van der Waals surface area contributed by atoms with E-state index in [0.717, 1.165) is 16.9 Å². The van der Waals surface area contributed by atoms with E-state index in [4.69, 9.17) is 4.74 Å². The second kappa shape index (κ2) is 8.45. The zero-order chi connectivity index (χ0) is 18.4. The van der Waals surface area contributed by atoms with E-state index < -0.39 is 6.10 Å². The highest BCUT2D eigenvalue weighted by Crippen LogP contribution is 2.27. The zero-order valence-electron chi connectivity index (χ0n) is 15.9. The molecule has 0 saturated carbocycles. The van der Waals surface area contributed by atoms with Gasteiger partial charge < -0.3 is 15.2 Å². The maximum absolute atomic E-state index is 10.2. The number of nitrogens with zero attached hydrogens (tertiary/aromatic N) is 1. The van der Waals surface area contributed by atoms with Gasteiger partial charge in [0.05, 0.1) is 0 Å². The molecule has 0 bridgehead atoms. The maximum atomic E-state index is 10.2. The second-order valence-corrected chi connectivity index (χ2v) is 7.61. The van der Waals surface area contributed by atoms with Crippen molar-refractivity contribution in [1.29, 1.82) is 0 Å². The van der Waals surface area contributed by atoms with Crippen LogP contribution in [0.1, 0.15) is 50.4 Å². The normalized spacial score (nSPS) is 14.2. The van der Waals surface area contributed by atoms with Gasteiger partial charge >= 0.3 is 0 Å². The largest absolute Gasteiger partial charge is 0.491 e. The van der Waals surface area contributed by atoms with Crippen molar-refractivity contribution in [2.45, 2.75) is 52.2 Å². The van der Waals surface area contributed by atoms with Crippen LogP contribution in [0, 0.1) is 6.92 Å². The van der Waals surface area contributed by atoms with Crippen LogP contribution in [0.2, 0.25) is 0 Å². The summed E-state index contributed by atoms with van der Waals surface area (Å²) in [6.45, 7) is 11.4. The lowest BCUT2D eigenvalue weighted by molar-refractivity contribution is 0.104. The molecule has 1 aromatic heterocycles. The first-order valence-electron chi connectivity index (χ1n) is 8.82. The predicted molar refractivity (Wildman–Crippen MR) is 102 cm³/mol. The van der Waals surface area contributed by atoms with E-state index in [9.17, 15) is 5.11 Å². The number of ether oxygens (including phenoxy) is 1. The number of rotatable bonds is 7. The molecule has 0 spiro atoms. The fourth-order valence-electron chi connectivity index (χ4n) is 2.61. The minimum absolute atomic E-state index is 0.121. The van der Waals surface area contributed by atoms with Crippen molar-refractivity contribution >= 4 is 0 Å². The molecule has 0 radical (unpaired) electrons. The number of hydrogen-bond acceptors (Lipinski definition) is 4. The van der Waals surface area contributed by atoms with Crippen molar-refractivity contribution in [3.05, 3.63) is 59.4 Å². The Kier molecular flexibility index (Phi) is 6.57. The Balaban J connectivity index is 1.83. The van der Waals surface area contributed by atoms with E-state index in [-0.39, 0.29) is 18.1 Å². The molecule has 4 heteroatoms. The van der Waals surface area contributed by atoms with Crippen LogP contribution in [0.25, 0.3) is 0 Å². The van der Waals surface area contributed by atoms with Crippen LogP contribution < -0.4 is 10.1 Å². The van der Waals surface area contributed by atoms with Gasteiger partial charge in [0, 0.05) is 25.0 Å². The van der Waals surface area contributed by atoms with E-state index in [0.29, 0.717) is 6.54 Å². The van der Waals surface area contributed by atoms with Crippen molar-refractivity contribution in [3.63, 3.8) is 0 Å². The third-order valence-electron chi connectivity index (χ3n) is 4.34. The van der Waals surface area contributed by atoms with Crippen molar-refractivity contribution in [2.24, 2.45) is 0 Å². The van der Waals surface area contributed by atoms with E-state index in [1.54, 1.807) is 12.4 Å². The first-order chi connectivity index (χ1) is 11.8. The number of hydrogen-bond donors (Lipinski definition) is 2. The van der Waals surface area contributed by atoms with Crippen molar-refractivity contribution in [2.75, 3.05) is 13.2 Å². The lowest BCUT2D eigenvalue weighted by Gasteiger charge is -2.21. The van der Waals surface area contributed by atoms with Crippen molar-refractivity contribution < 1.29 is 9.84 Å². The van der Waals surface area contributed by atoms with Gasteiger partial charge in [-0.25, -0.2) is 0 Å². The Morgan fingerprint density at radius 1 is 1.16 bits per heavy atom. The molecule has 1 aromatic carbocycles. The van der Waals surface area contributed by atoms with Crippen molar-refractivity contribution in [1.82, 2.24) is 10.3 Å². The molecule has 4 nitrogen and oxygen atoms in total. The summed E-state index contributed by atoms with van der Waals surface area (Å²) in [6, 6.07) is 10.4. The Morgan fingerprint density at radius 3 is 2.44 bits per heavy atom. The number of aromatic nitrogens is 1. The number of benzene rings is 1. The molecule has 0 amide bonds. The molecule has 2 atom stereocenters. The lowest BCUT2D eigenvalue weighted by Crippen LogP contribution is -2.33. The Labute approximate surface area is 151 Å². The Morgan fingerprint density at radius 2 is 1.84 bits per heavy atom. The molecule has 0 fully saturated rings. The molecule has 136 valence electrons. The lowest BCUT2D eigenvalue weighted by atomic mass is 9.86. The van der Waals surface area contributed by atoms with Crippen LogP contribution in [0.3, 0.4) is 0 Å². The summed E-state index contributed by atoms with van der Waals surface area (Å²) >= 11 is 0. The standard InChI is InChI=1S/C21H30N2O2/c1-15-12-18(21(3,4)5)6-7-20(15)25-14-19(24)13-23-16(2)17-8-10-22-11-9-17/h6-12,16,19,23-24H,13-14H2,1-5H3/t16-,19+/m1/s1. The Hall–Kier alpha value is -1.91. The molecule has 0 aliphatic rings. The summed E-state index contributed by atoms with van der Waals surface area (Å²) < 4.78 is 5.80. The second-order valence-electron chi connectivity index (χ2n) is 7.61. The summed E-state index contributed by atoms with van der Waals surface area (Å²) in [7, 11) is 0. The van der Waals surface area contributed by atoms with E-state index in [2.05, 4.69) is 50.1 Å². The molecule has 2 aromatic rings. The summed E-state index contributed by atoms with van der Waals surface area (Å²) in [4.78, 5) is 4.02. The van der Waals surface area contributed by atoms with Crippen molar-refractivity contribution in [3.8, 4) is 5.75 Å². The third-order valence-corrected chi connectivity index (χ3v) is 4.34. The summed E-state index contributed by atoms with van der Waals surface area (Å²) in [5.41, 5.74) is 3.65. The van der Waals surface area contributed by atoms with Crippen LogP contribution in [0.15, 0.2) is 42.7 Å². The van der Waals surface area contributed by atoms with Crippen LogP contribution in [0.4, 0.5) is 0 Å². The minimum atomic E-state index is -0.564. The van der Waals surface area contributed by atoms with Gasteiger partial charge in [0.1, 0.15) is 18.5 Å². The molecule has 1 heterocycles. The van der Waals surface area contributed by atoms with Crippen LogP contribution in [-0.2, 0) is 5.41 Å². The van der Waals surface area contributed by atoms with Gasteiger partial charge in [0.15, 0.2) is 0 Å². The average molecular weight is 342 g/mol. The first kappa shape index (κ1) is 19.4. The summed E-state index contributed by atoms with van der Waals surface area (Å²) in [5.74, 6) is 0.828. The maximum Gasteiger partial charge on any atom is 0.122 e. The van der Waals surface area contributed by atoms with E-state index in [1.807, 2.05) is 25.1 Å². The van der Waals surface area contributed by atoms with Gasteiger partial charge in [-0.1, -0.05) is 32.9 Å². The number of aliphatic hydroxyl groups excluding tert-OH is 1. The van der Waals surface area contributed by atoms with Gasteiger partial charge in [-0.15, -0.1) is 0 Å². The smallest absolute Gasteiger partial charge is 0.122 e. The molecule has 2 N–H and O–H groups in total. The third kappa shape index (κ3) is 5.83. The highest BCUT2D eigenvalue weighted by atomic mass is 16.5. The molecule has 0 unspecified atom stereocenters. The SMILES string of the molecule is Cc1cc(C(C)(C)C)ccc1OC[C@@H](O)CN[C@H](C)c1ccncc1. The Bertz CT molecular complexity index is 665. The van der Waals surface area contributed by atoms with Gasteiger partial charge in [0.25, 0.3) is 0 Å². The van der Waals surface area contributed by atoms with Gasteiger partial charge in [-0.3, -0.25) is 4.98 Å². The molecule has 0 aliphatic carbocycles. The number of aliphatic hydroxyl groups is 1. The topological polar surface area (TPSA) is 54.4 Å². The minimum Gasteiger partial charge on any atom is -0.491 e. The van der Waals surface area contributed by atoms with Gasteiger partial charge in [-0.2, -0.15) is 0 Å². The highest BCUT2D eigenvalue weighted by Gasteiger charge is 2.15. The van der Waals surface area contributed by atoms with Crippen LogP contribution in [-0.4, -0.2) is 29.3 Å². The van der Waals surface area contributed by atoms with Gasteiger partial charge in [-0.05, 0) is 54.2 Å². The van der Waals surface area contributed by atoms with Crippen LogP contribution in [0.5, 0.6) is 5.75 Å². The fourth-order valence-corrected chi connectivity index (χ4v) is 2.61. The van der Waals surface area contributed by atoms with E-state index >= 15 is 0 Å². The first-order valence-corrected chi connectivity index (χ1v) is 8.82. The molecular weight excluding hydrogens is 312 g/mol. The number of aryl methyl sites for hydroxylation is 1. The van der Waals surface area contributed by atoms with Gasteiger partial charge in [0.2, 0.25) is 0 Å². The number of pyridine rings is 1. The molecule has 25 heavy (non-hydrogen) atoms. The zero-order valence-corrected chi connectivity index (χ0v) is 15.9. The molecular formula is C21H30N2O2. The quantitative estimate of drug-likeness (QED) is 0.804. The van der Waals surface area contributed by atoms with Crippen LogP contribution >= 0.6 is 0 Å². The van der Waals surface area contributed by atoms with E-state index in [1.165, 1.54) is 5.56 Å². The monoisotopic (exact) mass is 342 g/mol. The summed E-state index contributed by atoms with van der Waals surface area (Å²) in [5, 5.41) is 13.5. The molecule has 0 saturated heterocycles. The highest BCUT2D eigenvalue weighted by molar-refractivity contribution is 5.38.